The van der Waals surface area contributed by atoms with Crippen LogP contribution in [0, 0.1) is 17.8 Å². The van der Waals surface area contributed by atoms with Crippen molar-refractivity contribution in [1.29, 1.82) is 0 Å². The number of anilines is 1. The third-order valence-corrected chi connectivity index (χ3v) is 11.1. The molecule has 7 nitrogen and oxygen atoms in total. The number of thioether (sulfide) groups is 1. The van der Waals surface area contributed by atoms with Crippen LogP contribution < -0.4 is 4.90 Å². The molecule has 37 heavy (non-hydrogen) atoms. The van der Waals surface area contributed by atoms with Gasteiger partial charge < -0.3 is 19.6 Å². The highest BCUT2D eigenvalue weighted by molar-refractivity contribution is 9.09. The van der Waals surface area contributed by atoms with Crippen LogP contribution in [0.5, 0.6) is 0 Å². The van der Waals surface area contributed by atoms with Crippen LogP contribution in [-0.2, 0) is 19.1 Å². The van der Waals surface area contributed by atoms with Gasteiger partial charge in [0.1, 0.15) is 12.6 Å². The molecule has 200 valence electrons. The van der Waals surface area contributed by atoms with Gasteiger partial charge in [0.05, 0.1) is 29.2 Å². The number of hydrogen-bond donors (Lipinski definition) is 1. The minimum Gasteiger partial charge on any atom is -0.461 e. The third kappa shape index (κ3) is 4.66. The Morgan fingerprint density at radius 3 is 2.57 bits per heavy atom. The number of benzene rings is 1. The van der Waals surface area contributed by atoms with Gasteiger partial charge in [0.15, 0.2) is 0 Å². The minimum atomic E-state index is -0.882. The number of ether oxygens (including phenoxy) is 1. The Bertz CT molecular complexity index is 1090. The van der Waals surface area contributed by atoms with E-state index in [1.54, 1.807) is 40.1 Å². The lowest BCUT2D eigenvalue weighted by atomic mass is 9.71. The average molecular weight is 612 g/mol. The van der Waals surface area contributed by atoms with E-state index in [0.717, 1.165) is 0 Å². The first-order valence-corrected chi connectivity index (χ1v) is 14.5. The number of amides is 2. The molecule has 3 aliphatic heterocycles. The SMILES string of the molecule is C=CCOC(=O)[C@H]1[C@H]2C(=O)N([C@@H](CO)C(C)C)C(C(=O)N(CC=C)c3ccc(Cl)cc3)C23CC(Br)[C@@H]1S3. The number of hydrogen-bond acceptors (Lipinski definition) is 6. The van der Waals surface area contributed by atoms with Crippen LogP contribution in [0.2, 0.25) is 5.02 Å². The highest BCUT2D eigenvalue weighted by Gasteiger charge is 2.76. The lowest BCUT2D eigenvalue weighted by molar-refractivity contribution is -0.153. The lowest BCUT2D eigenvalue weighted by Crippen LogP contribution is -2.59. The molecule has 1 spiro atoms. The summed E-state index contributed by atoms with van der Waals surface area (Å²) < 4.78 is 4.58. The normalized spacial score (nSPS) is 30.8. The molecule has 2 amide bonds. The molecule has 3 fully saturated rings. The van der Waals surface area contributed by atoms with Gasteiger partial charge in [-0.1, -0.05) is 60.1 Å². The summed E-state index contributed by atoms with van der Waals surface area (Å²) in [6, 6.07) is 5.46. The van der Waals surface area contributed by atoms with Gasteiger partial charge in [0.2, 0.25) is 5.91 Å². The summed E-state index contributed by atoms with van der Waals surface area (Å²) in [6.45, 7) is 11.2. The Hall–Kier alpha value is -1.81. The first-order valence-electron chi connectivity index (χ1n) is 12.3. The maximum absolute atomic E-state index is 14.5. The summed E-state index contributed by atoms with van der Waals surface area (Å²) in [5.74, 6) is -2.56. The Balaban J connectivity index is 1.84. The van der Waals surface area contributed by atoms with Gasteiger partial charge in [-0.05, 0) is 36.6 Å². The Morgan fingerprint density at radius 1 is 1.32 bits per heavy atom. The number of halogens is 2. The number of carbonyl (C=O) groups excluding carboxylic acids is 3. The van der Waals surface area contributed by atoms with Crippen molar-refractivity contribution in [2.75, 3.05) is 24.7 Å². The van der Waals surface area contributed by atoms with E-state index < -0.39 is 34.6 Å². The smallest absolute Gasteiger partial charge is 0.311 e. The lowest BCUT2D eigenvalue weighted by Gasteiger charge is -2.40. The number of esters is 1. The molecule has 0 radical (unpaired) electrons. The molecule has 10 heteroatoms. The standard InChI is InChI=1S/C27H32BrClN2O5S/c1-5-11-30(17-9-7-16(29)8-10-17)25(34)23-27-13-18(28)22(37-27)20(26(35)36-12-6-2)21(27)24(33)31(23)19(14-32)15(3)4/h5-10,15,18-23,32H,1-2,11-14H2,3-4H3/t18?,19-,20-,21-,22-,23?,27?/m0/s1. The fourth-order valence-electron chi connectivity index (χ4n) is 6.05. The van der Waals surface area contributed by atoms with Crippen molar-refractivity contribution in [3.05, 3.63) is 54.6 Å². The molecular formula is C27H32BrClN2O5S. The van der Waals surface area contributed by atoms with Crippen LogP contribution in [0.1, 0.15) is 20.3 Å². The van der Waals surface area contributed by atoms with Crippen LogP contribution in [0.4, 0.5) is 5.69 Å². The van der Waals surface area contributed by atoms with Gasteiger partial charge in [-0.3, -0.25) is 14.4 Å². The van der Waals surface area contributed by atoms with E-state index in [9.17, 15) is 19.5 Å². The number of carbonyl (C=O) groups is 3. The molecule has 7 atom stereocenters. The van der Waals surface area contributed by atoms with Crippen LogP contribution >= 0.6 is 39.3 Å². The summed E-state index contributed by atoms with van der Waals surface area (Å²) in [4.78, 5) is 45.0. The van der Waals surface area contributed by atoms with Gasteiger partial charge in [-0.15, -0.1) is 18.3 Å². The molecule has 0 aliphatic carbocycles. The maximum atomic E-state index is 14.5. The van der Waals surface area contributed by atoms with Crippen molar-refractivity contribution in [1.82, 2.24) is 4.90 Å². The number of aliphatic hydroxyl groups is 1. The van der Waals surface area contributed by atoms with Gasteiger partial charge in [0.25, 0.3) is 5.91 Å². The topological polar surface area (TPSA) is 87.1 Å². The predicted octanol–water partition coefficient (Wildman–Crippen LogP) is 4.07. The zero-order chi connectivity index (χ0) is 27.1. The van der Waals surface area contributed by atoms with Crippen LogP contribution in [0.25, 0.3) is 0 Å². The maximum Gasteiger partial charge on any atom is 0.311 e. The predicted molar refractivity (Wildman–Crippen MR) is 150 cm³/mol. The number of aliphatic hydroxyl groups excluding tert-OH is 1. The van der Waals surface area contributed by atoms with Crippen molar-refractivity contribution in [3.8, 4) is 0 Å². The monoisotopic (exact) mass is 610 g/mol. The number of nitrogens with zero attached hydrogens (tertiary/aromatic N) is 2. The summed E-state index contributed by atoms with van der Waals surface area (Å²) in [6.07, 6.45) is 3.67. The van der Waals surface area contributed by atoms with Gasteiger partial charge >= 0.3 is 5.97 Å². The fourth-order valence-corrected chi connectivity index (χ4v) is 9.76. The number of likely N-dealkylation sites (tertiary alicyclic amines) is 1. The zero-order valence-corrected chi connectivity index (χ0v) is 24.0. The highest BCUT2D eigenvalue weighted by atomic mass is 79.9. The van der Waals surface area contributed by atoms with E-state index in [1.165, 1.54) is 17.8 Å². The second kappa shape index (κ2) is 11.1. The van der Waals surface area contributed by atoms with Gasteiger partial charge in [-0.25, -0.2) is 0 Å². The third-order valence-electron chi connectivity index (χ3n) is 7.61. The summed E-state index contributed by atoms with van der Waals surface area (Å²) in [5.41, 5.74) is 0.626. The second-order valence-corrected chi connectivity index (χ2v) is 13.2. The molecular weight excluding hydrogens is 580 g/mol. The molecule has 1 N–H and O–H groups in total. The second-order valence-electron chi connectivity index (χ2n) is 10.0. The molecule has 3 heterocycles. The van der Waals surface area contributed by atoms with Crippen molar-refractivity contribution >= 4 is 62.8 Å². The zero-order valence-electron chi connectivity index (χ0n) is 20.9. The number of fused-ring (bicyclic) bond motifs is 1. The van der Waals surface area contributed by atoms with E-state index in [0.29, 0.717) is 17.1 Å². The Kier molecular flexibility index (Phi) is 8.48. The molecule has 2 bridgehead atoms. The van der Waals surface area contributed by atoms with E-state index in [-0.39, 0.29) is 47.6 Å². The van der Waals surface area contributed by atoms with Gasteiger partial charge in [-0.2, -0.15) is 0 Å². The Labute approximate surface area is 235 Å². The van der Waals surface area contributed by atoms with E-state index in [2.05, 4.69) is 29.1 Å². The molecule has 4 rings (SSSR count). The molecule has 0 saturated carbocycles. The quantitative estimate of drug-likeness (QED) is 0.244. The molecule has 1 aromatic rings. The summed E-state index contributed by atoms with van der Waals surface area (Å²) in [7, 11) is 0. The Morgan fingerprint density at radius 2 is 2.00 bits per heavy atom. The van der Waals surface area contributed by atoms with Crippen LogP contribution in [0.15, 0.2) is 49.6 Å². The van der Waals surface area contributed by atoms with Crippen molar-refractivity contribution in [3.63, 3.8) is 0 Å². The summed E-state index contributed by atoms with van der Waals surface area (Å²) >= 11 is 11.4. The fraction of sp³-hybridized carbons (Fsp3) is 0.519. The van der Waals surface area contributed by atoms with E-state index >= 15 is 0 Å². The van der Waals surface area contributed by atoms with Crippen LogP contribution in [0.3, 0.4) is 0 Å². The molecule has 3 unspecified atom stereocenters. The molecule has 0 aromatic heterocycles. The van der Waals surface area contributed by atoms with Crippen molar-refractivity contribution < 1.29 is 24.2 Å². The molecule has 1 aromatic carbocycles. The van der Waals surface area contributed by atoms with E-state index in [1.807, 2.05) is 13.8 Å². The molecule has 3 aliphatic rings. The van der Waals surface area contributed by atoms with Crippen LogP contribution in [-0.4, -0.2) is 74.5 Å². The first kappa shape index (κ1) is 28.2. The average Bonchev–Trinajstić information content (AvgIpc) is 3.45. The van der Waals surface area contributed by atoms with Crippen molar-refractivity contribution in [2.24, 2.45) is 17.8 Å². The highest BCUT2D eigenvalue weighted by Crippen LogP contribution is 2.68. The number of rotatable bonds is 10. The minimum absolute atomic E-state index is 0.0502. The molecule has 3 saturated heterocycles. The first-order chi connectivity index (χ1) is 17.6. The van der Waals surface area contributed by atoms with Crippen molar-refractivity contribution in [2.45, 2.75) is 47.2 Å². The largest absolute Gasteiger partial charge is 0.461 e. The number of alkyl halides is 1. The van der Waals surface area contributed by atoms with Gasteiger partial charge in [0, 0.05) is 27.3 Å². The van der Waals surface area contributed by atoms with E-state index in [4.69, 9.17) is 16.3 Å². The summed E-state index contributed by atoms with van der Waals surface area (Å²) in [5, 5.41) is 10.7.